The van der Waals surface area contributed by atoms with Gasteiger partial charge in [-0.15, -0.1) is 11.8 Å². The Bertz CT molecular complexity index is 395. The monoisotopic (exact) mass is 266 g/mol. The normalized spacial score (nSPS) is 13.3. The first-order valence-corrected chi connectivity index (χ1v) is 7.07. The first-order chi connectivity index (χ1) is 8.30. The van der Waals surface area contributed by atoms with Crippen LogP contribution in [-0.4, -0.2) is 17.7 Å². The van der Waals surface area contributed by atoms with Crippen molar-refractivity contribution < 1.29 is 4.79 Å². The van der Waals surface area contributed by atoms with Gasteiger partial charge in [0.25, 0.3) is 0 Å². The van der Waals surface area contributed by atoms with Crippen molar-refractivity contribution in [3.63, 3.8) is 0 Å². The molecule has 1 amide bonds. The molecule has 1 aromatic rings. The third kappa shape index (κ3) is 4.70. The second-order valence-electron chi connectivity index (χ2n) is 5.42. The summed E-state index contributed by atoms with van der Waals surface area (Å²) >= 11 is 1.70. The molecule has 0 spiro atoms. The van der Waals surface area contributed by atoms with E-state index in [9.17, 15) is 4.79 Å². The molecule has 1 rings (SSSR count). The van der Waals surface area contributed by atoms with E-state index < -0.39 is 11.9 Å². The number of hydrogen-bond acceptors (Lipinski definition) is 3. The number of hydrogen-bond donors (Lipinski definition) is 2. The molecule has 0 aliphatic heterocycles. The molecule has 18 heavy (non-hydrogen) atoms. The van der Waals surface area contributed by atoms with Gasteiger partial charge in [-0.05, 0) is 35.3 Å². The zero-order chi connectivity index (χ0) is 13.8. The fourth-order valence-corrected chi connectivity index (χ4v) is 2.43. The van der Waals surface area contributed by atoms with E-state index in [0.717, 1.165) is 5.75 Å². The van der Waals surface area contributed by atoms with Gasteiger partial charge in [-0.3, -0.25) is 4.79 Å². The maximum absolute atomic E-state index is 10.8. The SMILES string of the molecule is CC(C)(C)c1ccc(SCCC(N)C(N)=O)cc1. The maximum atomic E-state index is 10.8. The highest BCUT2D eigenvalue weighted by molar-refractivity contribution is 7.99. The number of carbonyl (C=O) groups excluding carboxylic acids is 1. The second-order valence-corrected chi connectivity index (χ2v) is 6.59. The van der Waals surface area contributed by atoms with Gasteiger partial charge in [-0.25, -0.2) is 0 Å². The molecule has 0 radical (unpaired) electrons. The van der Waals surface area contributed by atoms with Crippen molar-refractivity contribution in [3.8, 4) is 0 Å². The summed E-state index contributed by atoms with van der Waals surface area (Å²) in [5.74, 6) is 0.373. The number of rotatable bonds is 5. The zero-order valence-electron chi connectivity index (χ0n) is 11.3. The van der Waals surface area contributed by atoms with E-state index in [1.807, 2.05) is 0 Å². The Hall–Kier alpha value is -1.00. The van der Waals surface area contributed by atoms with Crippen LogP contribution in [0.25, 0.3) is 0 Å². The van der Waals surface area contributed by atoms with Gasteiger partial charge in [-0.2, -0.15) is 0 Å². The first kappa shape index (κ1) is 15.1. The number of amides is 1. The van der Waals surface area contributed by atoms with Crippen molar-refractivity contribution in [2.24, 2.45) is 11.5 Å². The van der Waals surface area contributed by atoms with E-state index in [-0.39, 0.29) is 5.41 Å². The van der Waals surface area contributed by atoms with Crippen LogP contribution in [0.3, 0.4) is 0 Å². The Morgan fingerprint density at radius 1 is 1.28 bits per heavy atom. The quantitative estimate of drug-likeness (QED) is 0.803. The van der Waals surface area contributed by atoms with Crippen molar-refractivity contribution in [1.82, 2.24) is 0 Å². The molecule has 0 aliphatic rings. The van der Waals surface area contributed by atoms with Crippen LogP contribution < -0.4 is 11.5 Å². The van der Waals surface area contributed by atoms with Crippen molar-refractivity contribution in [3.05, 3.63) is 29.8 Å². The van der Waals surface area contributed by atoms with E-state index >= 15 is 0 Å². The number of thioether (sulfide) groups is 1. The molecule has 3 nitrogen and oxygen atoms in total. The average Bonchev–Trinajstić information content (AvgIpc) is 2.28. The van der Waals surface area contributed by atoms with Crippen LogP contribution in [-0.2, 0) is 10.2 Å². The molecular formula is C14H22N2OS. The number of benzene rings is 1. The highest BCUT2D eigenvalue weighted by Crippen LogP contribution is 2.25. The van der Waals surface area contributed by atoms with Crippen LogP contribution in [0.15, 0.2) is 29.2 Å². The van der Waals surface area contributed by atoms with E-state index in [1.54, 1.807) is 11.8 Å². The Kier molecular flexibility index (Phi) is 5.23. The van der Waals surface area contributed by atoms with Gasteiger partial charge in [0, 0.05) is 4.90 Å². The summed E-state index contributed by atoms with van der Waals surface area (Å²) in [5, 5.41) is 0. The lowest BCUT2D eigenvalue weighted by molar-refractivity contribution is -0.119. The van der Waals surface area contributed by atoms with Crippen molar-refractivity contribution >= 4 is 17.7 Å². The maximum Gasteiger partial charge on any atom is 0.234 e. The molecule has 0 heterocycles. The number of primary amides is 1. The summed E-state index contributed by atoms with van der Waals surface area (Å²) in [6, 6.07) is 7.99. The second kappa shape index (κ2) is 6.25. The smallest absolute Gasteiger partial charge is 0.234 e. The van der Waals surface area contributed by atoms with Gasteiger partial charge < -0.3 is 11.5 Å². The highest BCUT2D eigenvalue weighted by Gasteiger charge is 2.13. The number of carbonyl (C=O) groups is 1. The summed E-state index contributed by atoms with van der Waals surface area (Å²) in [4.78, 5) is 12.0. The van der Waals surface area contributed by atoms with Crippen LogP contribution >= 0.6 is 11.8 Å². The topological polar surface area (TPSA) is 69.1 Å². The largest absolute Gasteiger partial charge is 0.368 e. The van der Waals surface area contributed by atoms with Crippen molar-refractivity contribution in [2.45, 2.75) is 43.5 Å². The van der Waals surface area contributed by atoms with Gasteiger partial charge in [-0.1, -0.05) is 32.9 Å². The van der Waals surface area contributed by atoms with Gasteiger partial charge in [0.15, 0.2) is 0 Å². The van der Waals surface area contributed by atoms with Crippen molar-refractivity contribution in [2.75, 3.05) is 5.75 Å². The first-order valence-electron chi connectivity index (χ1n) is 6.09. The van der Waals surface area contributed by atoms with Gasteiger partial charge >= 0.3 is 0 Å². The Balaban J connectivity index is 2.47. The molecule has 0 fully saturated rings. The predicted octanol–water partition coefficient (Wildman–Crippen LogP) is 2.28. The van der Waals surface area contributed by atoms with Gasteiger partial charge in [0.1, 0.15) is 0 Å². The molecule has 4 N–H and O–H groups in total. The predicted molar refractivity (Wildman–Crippen MR) is 77.7 cm³/mol. The van der Waals surface area contributed by atoms with Crippen LogP contribution in [0.4, 0.5) is 0 Å². The summed E-state index contributed by atoms with van der Waals surface area (Å²) in [7, 11) is 0. The zero-order valence-corrected chi connectivity index (χ0v) is 12.1. The molecule has 1 atom stereocenters. The highest BCUT2D eigenvalue weighted by atomic mass is 32.2. The Morgan fingerprint density at radius 3 is 2.28 bits per heavy atom. The van der Waals surface area contributed by atoms with Crippen LogP contribution in [0, 0.1) is 0 Å². The molecule has 1 aromatic carbocycles. The van der Waals surface area contributed by atoms with Crippen LogP contribution in [0.1, 0.15) is 32.8 Å². The van der Waals surface area contributed by atoms with Crippen LogP contribution in [0.5, 0.6) is 0 Å². The minimum absolute atomic E-state index is 0.178. The molecule has 0 saturated heterocycles. The van der Waals surface area contributed by atoms with Gasteiger partial charge in [0.2, 0.25) is 5.91 Å². The van der Waals surface area contributed by atoms with E-state index in [2.05, 4.69) is 45.0 Å². The lowest BCUT2D eigenvalue weighted by atomic mass is 9.87. The average molecular weight is 266 g/mol. The summed E-state index contributed by atoms with van der Waals surface area (Å²) < 4.78 is 0. The standard InChI is InChI=1S/C14H22N2OS/c1-14(2,3)10-4-6-11(7-5-10)18-9-8-12(15)13(16)17/h4-7,12H,8-9,15H2,1-3H3,(H2,16,17). The molecule has 100 valence electrons. The molecule has 0 saturated carbocycles. The lowest BCUT2D eigenvalue weighted by Crippen LogP contribution is -2.36. The fourth-order valence-electron chi connectivity index (χ4n) is 1.50. The molecule has 0 bridgehead atoms. The van der Waals surface area contributed by atoms with Gasteiger partial charge in [0.05, 0.1) is 6.04 Å². The van der Waals surface area contributed by atoms with Crippen molar-refractivity contribution in [1.29, 1.82) is 0 Å². The summed E-state index contributed by atoms with van der Waals surface area (Å²) in [6.07, 6.45) is 0.612. The van der Waals surface area contributed by atoms with E-state index in [1.165, 1.54) is 10.5 Å². The Labute approximate surface area is 113 Å². The van der Waals surface area contributed by atoms with Crippen LogP contribution in [0.2, 0.25) is 0 Å². The van der Waals surface area contributed by atoms with E-state index in [0.29, 0.717) is 6.42 Å². The third-order valence-corrected chi connectivity index (χ3v) is 3.83. The third-order valence-electron chi connectivity index (χ3n) is 2.78. The molecule has 0 aromatic heterocycles. The molecule has 1 unspecified atom stereocenters. The fraction of sp³-hybridized carbons (Fsp3) is 0.500. The lowest BCUT2D eigenvalue weighted by Gasteiger charge is -2.19. The minimum Gasteiger partial charge on any atom is -0.368 e. The molecular weight excluding hydrogens is 244 g/mol. The summed E-state index contributed by atoms with van der Waals surface area (Å²) in [6.45, 7) is 6.59. The molecule has 4 heteroatoms. The van der Waals surface area contributed by atoms with E-state index in [4.69, 9.17) is 11.5 Å². The summed E-state index contributed by atoms with van der Waals surface area (Å²) in [5.41, 5.74) is 12.2. The minimum atomic E-state index is -0.536. The molecule has 0 aliphatic carbocycles. The number of nitrogens with two attached hydrogens (primary N) is 2. The Morgan fingerprint density at radius 2 is 1.83 bits per heavy atom.